The molecule has 142 valence electrons. The molecule has 6 nitrogen and oxygen atoms in total. The summed E-state index contributed by atoms with van der Waals surface area (Å²) in [6.07, 6.45) is 1.91. The molecule has 0 saturated carbocycles. The van der Waals surface area contributed by atoms with E-state index in [-0.39, 0.29) is 6.04 Å². The zero-order valence-electron chi connectivity index (χ0n) is 15.9. The van der Waals surface area contributed by atoms with Gasteiger partial charge in [0.15, 0.2) is 0 Å². The third-order valence-electron chi connectivity index (χ3n) is 5.46. The summed E-state index contributed by atoms with van der Waals surface area (Å²) in [5.41, 5.74) is 4.37. The first-order chi connectivity index (χ1) is 13.8. The Hall–Kier alpha value is -2.96. The van der Waals surface area contributed by atoms with Crippen molar-refractivity contribution in [2.24, 2.45) is 7.05 Å². The fourth-order valence-corrected chi connectivity index (χ4v) is 3.87. The van der Waals surface area contributed by atoms with Crippen molar-refractivity contribution in [3.63, 3.8) is 0 Å². The number of aromatic nitrogens is 4. The van der Waals surface area contributed by atoms with Crippen molar-refractivity contribution in [2.75, 3.05) is 19.8 Å². The minimum Gasteiger partial charge on any atom is -0.378 e. The van der Waals surface area contributed by atoms with Crippen LogP contribution in [0.2, 0.25) is 0 Å². The van der Waals surface area contributed by atoms with Gasteiger partial charge in [-0.2, -0.15) is 0 Å². The average molecular weight is 373 g/mol. The summed E-state index contributed by atoms with van der Waals surface area (Å²) in [4.78, 5) is 15.4. The molecule has 1 aliphatic rings. The molecule has 0 bridgehead atoms. The van der Waals surface area contributed by atoms with Crippen molar-refractivity contribution in [1.82, 2.24) is 24.4 Å². The first-order valence-electron chi connectivity index (χ1n) is 9.62. The van der Waals surface area contributed by atoms with E-state index in [2.05, 4.69) is 56.8 Å². The van der Waals surface area contributed by atoms with Gasteiger partial charge in [0.1, 0.15) is 11.6 Å². The third kappa shape index (κ3) is 3.10. The number of rotatable bonds is 4. The highest BCUT2D eigenvalue weighted by Crippen LogP contribution is 2.27. The Labute approximate surface area is 163 Å². The largest absolute Gasteiger partial charge is 0.378 e. The van der Waals surface area contributed by atoms with E-state index in [1.807, 2.05) is 30.5 Å². The highest BCUT2D eigenvalue weighted by Gasteiger charge is 2.28. The second-order valence-corrected chi connectivity index (χ2v) is 7.19. The topological polar surface area (TPSA) is 59.0 Å². The number of morpholine rings is 1. The molecule has 0 amide bonds. The van der Waals surface area contributed by atoms with Crippen LogP contribution in [0.4, 0.5) is 0 Å². The van der Waals surface area contributed by atoms with E-state index in [1.165, 1.54) is 0 Å². The number of para-hydroxylation sites is 2. The molecule has 0 radical (unpaired) electrons. The van der Waals surface area contributed by atoms with Crippen molar-refractivity contribution in [3.05, 3.63) is 72.4 Å². The Morgan fingerprint density at radius 3 is 2.79 bits per heavy atom. The summed E-state index contributed by atoms with van der Waals surface area (Å²) < 4.78 is 7.96. The summed E-state index contributed by atoms with van der Waals surface area (Å²) in [6, 6.07) is 18.6. The van der Waals surface area contributed by atoms with Crippen LogP contribution in [0.5, 0.6) is 0 Å². The van der Waals surface area contributed by atoms with Crippen LogP contribution in [-0.2, 0) is 18.3 Å². The van der Waals surface area contributed by atoms with Gasteiger partial charge in [-0.1, -0.05) is 42.5 Å². The predicted molar refractivity (Wildman–Crippen MR) is 109 cm³/mol. The number of nitrogens with zero attached hydrogens (tertiary/aromatic N) is 4. The number of hydrogen-bond donors (Lipinski definition) is 1. The Bertz CT molecular complexity index is 1080. The molecule has 0 aliphatic carbocycles. The van der Waals surface area contributed by atoms with E-state index >= 15 is 0 Å². The zero-order valence-corrected chi connectivity index (χ0v) is 15.9. The van der Waals surface area contributed by atoms with Gasteiger partial charge in [0, 0.05) is 13.6 Å². The smallest absolute Gasteiger partial charge is 0.126 e. The highest BCUT2D eigenvalue weighted by atomic mass is 16.5. The fourth-order valence-electron chi connectivity index (χ4n) is 3.87. The van der Waals surface area contributed by atoms with Crippen molar-refractivity contribution in [2.45, 2.75) is 12.6 Å². The van der Waals surface area contributed by atoms with E-state index in [1.54, 1.807) is 0 Å². The SMILES string of the molecule is Cn1c(CN2CCOC[C@H]2c2ncc(-c3ccccc3)[nH]2)nc2ccccc21. The van der Waals surface area contributed by atoms with Crippen LogP contribution in [0.15, 0.2) is 60.8 Å². The van der Waals surface area contributed by atoms with Gasteiger partial charge in [0.25, 0.3) is 0 Å². The van der Waals surface area contributed by atoms with Crippen LogP contribution in [0.3, 0.4) is 0 Å². The number of imidazole rings is 2. The quantitative estimate of drug-likeness (QED) is 0.594. The van der Waals surface area contributed by atoms with E-state index < -0.39 is 0 Å². The van der Waals surface area contributed by atoms with Gasteiger partial charge in [0.2, 0.25) is 0 Å². The van der Waals surface area contributed by atoms with Crippen LogP contribution in [0.25, 0.3) is 22.3 Å². The second-order valence-electron chi connectivity index (χ2n) is 7.19. The molecule has 4 aromatic rings. The standard InChI is InChI=1S/C22H23N5O/c1-26-19-10-6-5-9-17(19)24-21(26)14-27-11-12-28-15-20(27)22-23-13-18(25-22)16-7-3-2-4-8-16/h2-10,13,20H,11-12,14-15H2,1H3,(H,23,25)/t20-/m0/s1. The molecule has 0 unspecified atom stereocenters. The fraction of sp³-hybridized carbons (Fsp3) is 0.273. The number of aromatic amines is 1. The first kappa shape index (κ1) is 17.2. The summed E-state index contributed by atoms with van der Waals surface area (Å²) in [6.45, 7) is 2.98. The average Bonchev–Trinajstić information content (AvgIpc) is 3.35. The molecule has 1 N–H and O–H groups in total. The van der Waals surface area contributed by atoms with Gasteiger partial charge in [0.05, 0.1) is 48.7 Å². The second kappa shape index (κ2) is 7.22. The van der Waals surface area contributed by atoms with E-state index in [4.69, 9.17) is 9.72 Å². The number of ether oxygens (including phenoxy) is 1. The molecule has 1 aliphatic heterocycles. The zero-order chi connectivity index (χ0) is 18.9. The molecule has 1 fully saturated rings. The van der Waals surface area contributed by atoms with E-state index in [9.17, 15) is 0 Å². The van der Waals surface area contributed by atoms with Gasteiger partial charge < -0.3 is 14.3 Å². The molecule has 5 rings (SSSR count). The van der Waals surface area contributed by atoms with Crippen molar-refractivity contribution in [3.8, 4) is 11.3 Å². The maximum Gasteiger partial charge on any atom is 0.126 e. The normalized spacial score (nSPS) is 18.0. The Balaban J connectivity index is 1.42. The van der Waals surface area contributed by atoms with E-state index in [0.717, 1.165) is 53.6 Å². The first-order valence-corrected chi connectivity index (χ1v) is 9.62. The van der Waals surface area contributed by atoms with Gasteiger partial charge in [-0.25, -0.2) is 9.97 Å². The lowest BCUT2D eigenvalue weighted by atomic mass is 10.2. The summed E-state index contributed by atoms with van der Waals surface area (Å²) in [5, 5.41) is 0. The number of hydrogen-bond acceptors (Lipinski definition) is 4. The number of aryl methyl sites for hydroxylation is 1. The molecule has 1 atom stereocenters. The maximum absolute atomic E-state index is 5.78. The number of fused-ring (bicyclic) bond motifs is 1. The van der Waals surface area contributed by atoms with Crippen LogP contribution >= 0.6 is 0 Å². The van der Waals surface area contributed by atoms with Crippen molar-refractivity contribution >= 4 is 11.0 Å². The van der Waals surface area contributed by atoms with Crippen LogP contribution in [0, 0.1) is 0 Å². The van der Waals surface area contributed by atoms with Crippen LogP contribution < -0.4 is 0 Å². The molecule has 6 heteroatoms. The third-order valence-corrected chi connectivity index (χ3v) is 5.46. The Morgan fingerprint density at radius 1 is 1.11 bits per heavy atom. The predicted octanol–water partition coefficient (Wildman–Crippen LogP) is 3.54. The molecule has 3 heterocycles. The van der Waals surface area contributed by atoms with E-state index in [0.29, 0.717) is 6.61 Å². The highest BCUT2D eigenvalue weighted by molar-refractivity contribution is 5.75. The number of H-pyrrole nitrogens is 1. The monoisotopic (exact) mass is 373 g/mol. The van der Waals surface area contributed by atoms with Crippen molar-refractivity contribution < 1.29 is 4.74 Å². The van der Waals surface area contributed by atoms with Crippen LogP contribution in [0.1, 0.15) is 17.7 Å². The lowest BCUT2D eigenvalue weighted by Gasteiger charge is -2.34. The Morgan fingerprint density at radius 2 is 1.93 bits per heavy atom. The molecule has 2 aromatic heterocycles. The summed E-state index contributed by atoms with van der Waals surface area (Å²) in [5.74, 6) is 2.00. The minimum atomic E-state index is 0.0889. The number of nitrogens with one attached hydrogen (secondary N) is 1. The molecular weight excluding hydrogens is 350 g/mol. The van der Waals surface area contributed by atoms with Gasteiger partial charge in [-0.15, -0.1) is 0 Å². The molecule has 0 spiro atoms. The summed E-state index contributed by atoms with van der Waals surface area (Å²) >= 11 is 0. The summed E-state index contributed by atoms with van der Waals surface area (Å²) in [7, 11) is 2.08. The molecular formula is C22H23N5O. The lowest BCUT2D eigenvalue weighted by Crippen LogP contribution is -2.40. The minimum absolute atomic E-state index is 0.0889. The van der Waals surface area contributed by atoms with Crippen molar-refractivity contribution in [1.29, 1.82) is 0 Å². The van der Waals surface area contributed by atoms with Gasteiger partial charge in [-0.05, 0) is 17.7 Å². The van der Waals surface area contributed by atoms with Crippen LogP contribution in [-0.4, -0.2) is 44.2 Å². The lowest BCUT2D eigenvalue weighted by molar-refractivity contribution is -0.0170. The Kier molecular flexibility index (Phi) is 4.43. The number of benzene rings is 2. The molecule has 2 aromatic carbocycles. The van der Waals surface area contributed by atoms with Gasteiger partial charge >= 0.3 is 0 Å². The molecule has 1 saturated heterocycles. The van der Waals surface area contributed by atoms with Gasteiger partial charge in [-0.3, -0.25) is 4.90 Å². The molecule has 28 heavy (non-hydrogen) atoms. The maximum atomic E-state index is 5.78.